The van der Waals surface area contributed by atoms with Crippen LogP contribution in [0.4, 0.5) is 16.1 Å². The van der Waals surface area contributed by atoms with E-state index in [4.69, 9.17) is 9.26 Å². The molecule has 146 valence electrons. The minimum absolute atomic E-state index is 0.101. The van der Waals surface area contributed by atoms with Gasteiger partial charge in [0.25, 0.3) is 6.42 Å². The van der Waals surface area contributed by atoms with Crippen LogP contribution in [0, 0.1) is 11.5 Å². The van der Waals surface area contributed by atoms with E-state index in [2.05, 4.69) is 15.1 Å². The molecule has 1 saturated heterocycles. The summed E-state index contributed by atoms with van der Waals surface area (Å²) in [7, 11) is 0. The molecule has 2 aromatic rings. The fraction of sp³-hybridized carbons (Fsp3) is 0.333. The third-order valence-electron chi connectivity index (χ3n) is 5.42. The number of amidine groups is 1. The van der Waals surface area contributed by atoms with Crippen LogP contribution >= 0.6 is 0 Å². The molecule has 11 heteroatoms. The highest BCUT2D eigenvalue weighted by Crippen LogP contribution is 2.42. The third-order valence-corrected chi connectivity index (χ3v) is 5.42. The summed E-state index contributed by atoms with van der Waals surface area (Å²) in [5.41, 5.74) is 1.41. The highest BCUT2D eigenvalue weighted by Gasteiger charge is 2.48. The van der Waals surface area contributed by atoms with Gasteiger partial charge in [-0.2, -0.15) is 14.6 Å². The number of para-hydroxylation sites is 1. The number of hydrogen-bond acceptors (Lipinski definition) is 10. The quantitative estimate of drug-likeness (QED) is 0.557. The summed E-state index contributed by atoms with van der Waals surface area (Å²) in [5.74, 6) is 1.78. The lowest BCUT2D eigenvalue weighted by Gasteiger charge is -2.39. The molecule has 1 aromatic carbocycles. The molecular weight excluding hydrogens is 379 g/mol. The van der Waals surface area contributed by atoms with Crippen LogP contribution < -0.4 is 9.91 Å². The number of aliphatic imine (C=N–C) groups is 1. The van der Waals surface area contributed by atoms with E-state index in [1.54, 1.807) is 10.0 Å². The van der Waals surface area contributed by atoms with Crippen molar-refractivity contribution in [1.29, 1.82) is 5.26 Å². The molecule has 0 saturated carbocycles. The second-order valence-electron chi connectivity index (χ2n) is 7.02. The molecular formula is C18H15FN8O2. The Labute approximate surface area is 164 Å². The summed E-state index contributed by atoms with van der Waals surface area (Å²) < 4.78 is 25.9. The molecule has 2 unspecified atom stereocenters. The van der Waals surface area contributed by atoms with Gasteiger partial charge in [-0.25, -0.2) is 19.9 Å². The number of benzene rings is 1. The second-order valence-corrected chi connectivity index (χ2v) is 7.02. The highest BCUT2D eigenvalue weighted by atomic mass is 19.1. The maximum absolute atomic E-state index is 15.0. The van der Waals surface area contributed by atoms with Crippen LogP contribution in [0.25, 0.3) is 0 Å². The van der Waals surface area contributed by atoms with Gasteiger partial charge in [-0.1, -0.05) is 17.3 Å². The maximum atomic E-state index is 15.0. The molecule has 2 atom stereocenters. The molecule has 10 nitrogen and oxygen atoms in total. The Morgan fingerprint density at radius 3 is 3.00 bits per heavy atom. The molecule has 5 heterocycles. The van der Waals surface area contributed by atoms with Gasteiger partial charge in [0.1, 0.15) is 6.67 Å². The van der Waals surface area contributed by atoms with Crippen LogP contribution in [0.1, 0.15) is 23.7 Å². The Hall–Kier alpha value is -3.65. The number of alkyl halides is 1. The summed E-state index contributed by atoms with van der Waals surface area (Å²) in [4.78, 5) is 11.6. The molecule has 1 aromatic heterocycles. The van der Waals surface area contributed by atoms with Gasteiger partial charge in [0.05, 0.1) is 18.5 Å². The van der Waals surface area contributed by atoms with Crippen LogP contribution in [0.15, 0.2) is 45.8 Å². The molecule has 4 aliphatic rings. The number of nitrogens with zero attached hydrogens (tertiary/aromatic N) is 8. The Morgan fingerprint density at radius 1 is 1.28 bits per heavy atom. The van der Waals surface area contributed by atoms with E-state index in [0.717, 1.165) is 16.9 Å². The lowest BCUT2D eigenvalue weighted by Crippen LogP contribution is -2.50. The van der Waals surface area contributed by atoms with E-state index in [9.17, 15) is 5.26 Å². The summed E-state index contributed by atoms with van der Waals surface area (Å²) >= 11 is 0. The molecule has 0 spiro atoms. The normalized spacial score (nSPS) is 24.8. The molecule has 0 amide bonds. The number of aromatic nitrogens is 2. The van der Waals surface area contributed by atoms with E-state index in [0.29, 0.717) is 36.4 Å². The standard InChI is InChI=1S/C18H15FN8O2/c19-17-24(9-20)7-14-26(17)13-4-2-1-3-12(13)16-21-10-25(27(14)16)18-22-15(23-29-18)11-5-6-28-8-11/h1-4,7,11,17H,5-6,8,10H2. The molecule has 6 rings (SSSR count). The average molecular weight is 394 g/mol. The number of fused-ring (bicyclic) bond motifs is 6. The maximum Gasteiger partial charge on any atom is 0.345 e. The van der Waals surface area contributed by atoms with Crippen molar-refractivity contribution in [3.05, 3.63) is 47.7 Å². The highest BCUT2D eigenvalue weighted by molar-refractivity contribution is 6.09. The van der Waals surface area contributed by atoms with E-state index < -0.39 is 6.42 Å². The van der Waals surface area contributed by atoms with Gasteiger partial charge in [-0.05, 0) is 18.6 Å². The van der Waals surface area contributed by atoms with Crippen molar-refractivity contribution in [2.24, 2.45) is 4.99 Å². The predicted octanol–water partition coefficient (Wildman–Crippen LogP) is 1.68. The fourth-order valence-electron chi connectivity index (χ4n) is 4.02. The Bertz CT molecular complexity index is 1090. The number of ether oxygens (including phenoxy) is 1. The van der Waals surface area contributed by atoms with Crippen molar-refractivity contribution >= 4 is 17.5 Å². The molecule has 4 aliphatic heterocycles. The van der Waals surface area contributed by atoms with E-state index in [1.807, 2.05) is 30.5 Å². The minimum Gasteiger partial charge on any atom is -0.381 e. The first kappa shape index (κ1) is 16.3. The second kappa shape index (κ2) is 5.92. The molecule has 1 fully saturated rings. The summed E-state index contributed by atoms with van der Waals surface area (Å²) in [6, 6.07) is 7.64. The van der Waals surface area contributed by atoms with Gasteiger partial charge < -0.3 is 9.26 Å². The van der Waals surface area contributed by atoms with Crippen LogP contribution in [0.2, 0.25) is 0 Å². The van der Waals surface area contributed by atoms with Crippen molar-refractivity contribution in [2.45, 2.75) is 18.8 Å². The van der Waals surface area contributed by atoms with Crippen molar-refractivity contribution in [3.8, 4) is 6.19 Å². The number of hydrazine groups is 1. The first-order valence-electron chi connectivity index (χ1n) is 9.22. The van der Waals surface area contributed by atoms with Crippen molar-refractivity contribution < 1.29 is 13.7 Å². The SMILES string of the molecule is N#CN1C=C2N(c3ccccc3C3=NCN(c4nc(C5CCOC5)no4)N23)C1F. The van der Waals surface area contributed by atoms with Crippen LogP contribution in [0.5, 0.6) is 0 Å². The summed E-state index contributed by atoms with van der Waals surface area (Å²) in [6.45, 7) is 1.48. The number of anilines is 2. The number of rotatable bonds is 2. The number of hydrogen-bond donors (Lipinski definition) is 0. The zero-order valence-electron chi connectivity index (χ0n) is 15.1. The van der Waals surface area contributed by atoms with Crippen molar-refractivity contribution in [2.75, 3.05) is 29.8 Å². The lowest BCUT2D eigenvalue weighted by atomic mass is 10.1. The lowest BCUT2D eigenvalue weighted by molar-refractivity contribution is 0.192. The van der Waals surface area contributed by atoms with Crippen LogP contribution in [-0.2, 0) is 4.74 Å². The Kier molecular flexibility index (Phi) is 3.33. The monoisotopic (exact) mass is 394 g/mol. The van der Waals surface area contributed by atoms with E-state index in [1.165, 1.54) is 11.1 Å². The van der Waals surface area contributed by atoms with Gasteiger partial charge in [0.15, 0.2) is 23.7 Å². The average Bonchev–Trinajstić information content (AvgIpc) is 3.52. The zero-order chi connectivity index (χ0) is 19.5. The number of nitriles is 1. The minimum atomic E-state index is -1.64. The fourth-order valence-corrected chi connectivity index (χ4v) is 4.02. The largest absolute Gasteiger partial charge is 0.381 e. The van der Waals surface area contributed by atoms with Gasteiger partial charge in [-0.3, -0.25) is 4.90 Å². The number of halogens is 1. The zero-order valence-corrected chi connectivity index (χ0v) is 15.1. The van der Waals surface area contributed by atoms with E-state index >= 15 is 4.39 Å². The predicted molar refractivity (Wildman–Crippen MR) is 97.5 cm³/mol. The van der Waals surface area contributed by atoms with Gasteiger partial charge in [0, 0.05) is 18.1 Å². The van der Waals surface area contributed by atoms with Gasteiger partial charge in [0.2, 0.25) is 0 Å². The Morgan fingerprint density at radius 2 is 2.17 bits per heavy atom. The molecule has 29 heavy (non-hydrogen) atoms. The summed E-state index contributed by atoms with van der Waals surface area (Å²) in [6.07, 6.45) is 2.52. The van der Waals surface area contributed by atoms with Crippen LogP contribution in [-0.4, -0.2) is 52.2 Å². The molecule has 0 radical (unpaired) electrons. The molecule has 0 aliphatic carbocycles. The molecule has 0 N–H and O–H groups in total. The topological polar surface area (TPSA) is 97.3 Å². The van der Waals surface area contributed by atoms with Gasteiger partial charge in [-0.15, -0.1) is 0 Å². The smallest absolute Gasteiger partial charge is 0.345 e. The Balaban J connectivity index is 1.43. The van der Waals surface area contributed by atoms with Crippen molar-refractivity contribution in [3.63, 3.8) is 0 Å². The molecule has 0 bridgehead atoms. The van der Waals surface area contributed by atoms with E-state index in [-0.39, 0.29) is 18.6 Å². The first-order chi connectivity index (χ1) is 14.3. The van der Waals surface area contributed by atoms with Gasteiger partial charge >= 0.3 is 6.01 Å². The van der Waals surface area contributed by atoms with Crippen molar-refractivity contribution in [1.82, 2.24) is 20.0 Å². The summed E-state index contributed by atoms with van der Waals surface area (Å²) in [5, 5.41) is 16.8. The third kappa shape index (κ3) is 2.20. The first-order valence-corrected chi connectivity index (χ1v) is 9.22. The van der Waals surface area contributed by atoms with Crippen LogP contribution in [0.3, 0.4) is 0 Å².